The summed E-state index contributed by atoms with van der Waals surface area (Å²) in [6, 6.07) is 0. The highest BCUT2D eigenvalue weighted by molar-refractivity contribution is 5.72. The molecule has 0 aromatic rings. The molecule has 1 aliphatic carbocycles. The fraction of sp³-hybridized carbons (Fsp3) is 0.643. The Hall–Kier alpha value is -1.05. The van der Waals surface area contributed by atoms with Crippen LogP contribution in [0.1, 0.15) is 40.0 Å². The van der Waals surface area contributed by atoms with Crippen LogP contribution >= 0.6 is 0 Å². The smallest absolute Gasteiger partial charge is 0.308 e. The summed E-state index contributed by atoms with van der Waals surface area (Å²) in [4.78, 5) is 11.4. The normalized spacial score (nSPS) is 22.1. The van der Waals surface area contributed by atoms with Crippen LogP contribution in [0.2, 0.25) is 0 Å². The van der Waals surface area contributed by atoms with Crippen LogP contribution in [0.5, 0.6) is 0 Å². The molecule has 16 heavy (non-hydrogen) atoms. The highest BCUT2D eigenvalue weighted by atomic mass is 16.5. The number of esters is 1. The van der Waals surface area contributed by atoms with E-state index in [0.29, 0.717) is 5.92 Å². The molecule has 1 aliphatic rings. The lowest BCUT2D eigenvalue weighted by Crippen LogP contribution is -2.15. The van der Waals surface area contributed by atoms with E-state index in [9.17, 15) is 4.79 Å². The zero-order valence-corrected chi connectivity index (χ0v) is 10.8. The van der Waals surface area contributed by atoms with Crippen LogP contribution in [0, 0.1) is 11.8 Å². The molecule has 0 spiro atoms. The summed E-state index contributed by atoms with van der Waals surface area (Å²) in [5.74, 6) is 0.315. The Kier molecular flexibility index (Phi) is 4.34. The van der Waals surface area contributed by atoms with Gasteiger partial charge >= 0.3 is 5.97 Å². The van der Waals surface area contributed by atoms with Gasteiger partial charge in [0.2, 0.25) is 0 Å². The molecule has 0 amide bonds. The topological polar surface area (TPSA) is 26.3 Å². The third kappa shape index (κ3) is 2.75. The largest absolute Gasteiger partial charge is 0.469 e. The molecule has 0 saturated heterocycles. The number of allylic oxidation sites excluding steroid dienone is 3. The molecule has 0 saturated carbocycles. The van der Waals surface area contributed by atoms with Gasteiger partial charge in [-0.3, -0.25) is 4.79 Å². The van der Waals surface area contributed by atoms with E-state index >= 15 is 0 Å². The number of rotatable bonds is 4. The van der Waals surface area contributed by atoms with Crippen LogP contribution in [0.15, 0.2) is 23.3 Å². The molecule has 0 N–H and O–H groups in total. The number of carbonyl (C=O) groups excluding carboxylic acids is 1. The molecular formula is C14H22O2. The molecule has 2 unspecified atom stereocenters. The Morgan fingerprint density at radius 1 is 1.62 bits per heavy atom. The Labute approximate surface area is 98.4 Å². The van der Waals surface area contributed by atoms with Crippen molar-refractivity contribution < 1.29 is 9.53 Å². The average molecular weight is 222 g/mol. The summed E-state index contributed by atoms with van der Waals surface area (Å²) in [5, 5.41) is 0. The molecule has 1 rings (SSSR count). The van der Waals surface area contributed by atoms with Gasteiger partial charge in [0.1, 0.15) is 0 Å². The van der Waals surface area contributed by atoms with E-state index in [0.717, 1.165) is 19.3 Å². The molecule has 0 aliphatic heterocycles. The molecule has 2 heteroatoms. The van der Waals surface area contributed by atoms with E-state index in [4.69, 9.17) is 4.74 Å². The molecular weight excluding hydrogens is 200 g/mol. The van der Waals surface area contributed by atoms with Gasteiger partial charge in [-0.2, -0.15) is 0 Å². The molecule has 90 valence electrons. The maximum Gasteiger partial charge on any atom is 0.308 e. The lowest BCUT2D eigenvalue weighted by Gasteiger charge is -2.18. The van der Waals surface area contributed by atoms with E-state index in [-0.39, 0.29) is 11.9 Å². The summed E-state index contributed by atoms with van der Waals surface area (Å²) in [6.07, 6.45) is 3.11. The van der Waals surface area contributed by atoms with Gasteiger partial charge in [0, 0.05) is 5.92 Å². The van der Waals surface area contributed by atoms with Gasteiger partial charge in [0.25, 0.3) is 0 Å². The van der Waals surface area contributed by atoms with Crippen molar-refractivity contribution in [3.8, 4) is 0 Å². The summed E-state index contributed by atoms with van der Waals surface area (Å²) in [5.41, 5.74) is 4.05. The Balaban J connectivity index is 2.74. The van der Waals surface area contributed by atoms with Gasteiger partial charge in [-0.05, 0) is 33.1 Å². The highest BCUT2D eigenvalue weighted by Crippen LogP contribution is 2.39. The highest BCUT2D eigenvalue weighted by Gasteiger charge is 2.27. The van der Waals surface area contributed by atoms with Crippen molar-refractivity contribution in [3.05, 3.63) is 23.3 Å². The number of ether oxygens (including phenoxy) is 1. The summed E-state index contributed by atoms with van der Waals surface area (Å²) in [7, 11) is 1.45. The second-order valence-corrected chi connectivity index (χ2v) is 4.87. The first-order chi connectivity index (χ1) is 7.47. The third-order valence-electron chi connectivity index (χ3n) is 3.50. The zero-order chi connectivity index (χ0) is 12.3. The van der Waals surface area contributed by atoms with Crippen molar-refractivity contribution in [2.24, 2.45) is 11.8 Å². The minimum atomic E-state index is -0.118. The van der Waals surface area contributed by atoms with Gasteiger partial charge in [-0.15, -0.1) is 0 Å². The van der Waals surface area contributed by atoms with Gasteiger partial charge < -0.3 is 4.74 Å². The summed E-state index contributed by atoms with van der Waals surface area (Å²) < 4.78 is 4.77. The first-order valence-corrected chi connectivity index (χ1v) is 5.89. The van der Waals surface area contributed by atoms with E-state index in [2.05, 4.69) is 20.4 Å². The molecule has 0 aromatic carbocycles. The predicted molar refractivity (Wildman–Crippen MR) is 66.0 cm³/mol. The van der Waals surface area contributed by atoms with Crippen molar-refractivity contribution in [1.29, 1.82) is 0 Å². The van der Waals surface area contributed by atoms with Gasteiger partial charge in [-0.1, -0.05) is 30.2 Å². The van der Waals surface area contributed by atoms with Crippen molar-refractivity contribution in [1.82, 2.24) is 0 Å². The van der Waals surface area contributed by atoms with E-state index in [1.807, 2.05) is 6.92 Å². The number of methoxy groups -OCH3 is 1. The molecule has 0 bridgehead atoms. The SMILES string of the molecule is C=C(C)C1CCC(C)=C1CC(C)C(=O)OC. The predicted octanol–water partition coefficient (Wildman–Crippen LogP) is 3.49. The van der Waals surface area contributed by atoms with Crippen LogP contribution in [-0.4, -0.2) is 13.1 Å². The number of carbonyl (C=O) groups is 1. The second-order valence-electron chi connectivity index (χ2n) is 4.87. The first-order valence-electron chi connectivity index (χ1n) is 5.89. The lowest BCUT2D eigenvalue weighted by atomic mass is 9.88. The van der Waals surface area contributed by atoms with Crippen LogP contribution < -0.4 is 0 Å². The molecule has 0 radical (unpaired) electrons. The van der Waals surface area contributed by atoms with E-state index < -0.39 is 0 Å². The molecule has 2 atom stereocenters. The van der Waals surface area contributed by atoms with Crippen molar-refractivity contribution in [2.45, 2.75) is 40.0 Å². The van der Waals surface area contributed by atoms with Crippen molar-refractivity contribution >= 4 is 5.97 Å². The van der Waals surface area contributed by atoms with Gasteiger partial charge in [0.15, 0.2) is 0 Å². The summed E-state index contributed by atoms with van der Waals surface area (Å²) >= 11 is 0. The lowest BCUT2D eigenvalue weighted by molar-refractivity contribution is -0.144. The Morgan fingerprint density at radius 3 is 2.75 bits per heavy atom. The van der Waals surface area contributed by atoms with Crippen LogP contribution in [0.3, 0.4) is 0 Å². The molecule has 2 nitrogen and oxygen atoms in total. The summed E-state index contributed by atoms with van der Waals surface area (Å²) in [6.45, 7) is 10.2. The number of hydrogen-bond donors (Lipinski definition) is 0. The monoisotopic (exact) mass is 222 g/mol. The third-order valence-corrected chi connectivity index (χ3v) is 3.50. The molecule has 0 aromatic heterocycles. The van der Waals surface area contributed by atoms with E-state index in [1.54, 1.807) is 0 Å². The first kappa shape index (κ1) is 13.0. The van der Waals surface area contributed by atoms with Crippen LogP contribution in [0.4, 0.5) is 0 Å². The van der Waals surface area contributed by atoms with Crippen LogP contribution in [-0.2, 0) is 9.53 Å². The van der Waals surface area contributed by atoms with Crippen LogP contribution in [0.25, 0.3) is 0 Å². The zero-order valence-electron chi connectivity index (χ0n) is 10.8. The number of hydrogen-bond acceptors (Lipinski definition) is 2. The Bertz CT molecular complexity index is 326. The maximum atomic E-state index is 11.4. The Morgan fingerprint density at radius 2 is 2.25 bits per heavy atom. The molecule has 0 fully saturated rings. The maximum absolute atomic E-state index is 11.4. The van der Waals surface area contributed by atoms with Gasteiger partial charge in [0.05, 0.1) is 13.0 Å². The van der Waals surface area contributed by atoms with Crippen molar-refractivity contribution in [2.75, 3.05) is 7.11 Å². The second kappa shape index (κ2) is 5.33. The average Bonchev–Trinajstić information content (AvgIpc) is 2.59. The molecule has 0 heterocycles. The standard InChI is InChI=1S/C14H22O2/c1-9(2)12-7-6-10(3)13(12)8-11(4)14(15)16-5/h11-12H,1,6-8H2,2-5H3. The fourth-order valence-electron chi connectivity index (χ4n) is 2.47. The minimum Gasteiger partial charge on any atom is -0.469 e. The fourth-order valence-corrected chi connectivity index (χ4v) is 2.47. The quantitative estimate of drug-likeness (QED) is 0.537. The minimum absolute atomic E-state index is 0.0464. The van der Waals surface area contributed by atoms with E-state index in [1.165, 1.54) is 23.8 Å². The van der Waals surface area contributed by atoms with Crippen molar-refractivity contribution in [3.63, 3.8) is 0 Å². The van der Waals surface area contributed by atoms with Gasteiger partial charge in [-0.25, -0.2) is 0 Å².